The van der Waals surface area contributed by atoms with E-state index >= 15 is 0 Å². The lowest BCUT2D eigenvalue weighted by Gasteiger charge is -2.04. The quantitative estimate of drug-likeness (QED) is 0.797. The number of aromatic nitrogens is 4. The van der Waals surface area contributed by atoms with Crippen LogP contribution >= 0.6 is 0 Å². The summed E-state index contributed by atoms with van der Waals surface area (Å²) >= 11 is 0. The molecule has 0 amide bonds. The van der Waals surface area contributed by atoms with Gasteiger partial charge in [0.05, 0.1) is 19.3 Å². The molecule has 1 N–H and O–H groups in total. The molecule has 7 nitrogen and oxygen atoms in total. The van der Waals surface area contributed by atoms with Crippen molar-refractivity contribution in [2.24, 2.45) is 7.05 Å². The molecule has 2 aromatic rings. The third kappa shape index (κ3) is 2.82. The zero-order valence-corrected chi connectivity index (χ0v) is 10.1. The van der Waals surface area contributed by atoms with Crippen molar-refractivity contribution in [2.45, 2.75) is 6.54 Å². The van der Waals surface area contributed by atoms with Gasteiger partial charge in [0.2, 0.25) is 5.82 Å². The fourth-order valence-electron chi connectivity index (χ4n) is 1.39. The summed E-state index contributed by atoms with van der Waals surface area (Å²) in [5, 5.41) is 7.28. The number of hydrogen-bond donors (Lipinski definition) is 1. The minimum Gasteiger partial charge on any atom is -0.463 e. The number of nitrogens with zero attached hydrogens (tertiary/aromatic N) is 4. The molecule has 2 heterocycles. The van der Waals surface area contributed by atoms with E-state index in [2.05, 4.69) is 25.1 Å². The van der Waals surface area contributed by atoms with E-state index in [0.29, 0.717) is 12.4 Å². The van der Waals surface area contributed by atoms with Crippen LogP contribution in [-0.2, 0) is 18.3 Å². The second-order valence-corrected chi connectivity index (χ2v) is 3.59. The van der Waals surface area contributed by atoms with Crippen molar-refractivity contribution in [1.82, 2.24) is 19.7 Å². The SMILES string of the molecule is COC(=O)c1nccc(NCc2ccn(C)n2)n1. The van der Waals surface area contributed by atoms with E-state index < -0.39 is 5.97 Å². The Bertz CT molecular complexity index is 552. The van der Waals surface area contributed by atoms with Crippen LogP contribution in [0.4, 0.5) is 5.82 Å². The minimum absolute atomic E-state index is 0.0310. The van der Waals surface area contributed by atoms with E-state index in [4.69, 9.17) is 0 Å². The molecule has 2 rings (SSSR count). The zero-order chi connectivity index (χ0) is 13.0. The average molecular weight is 247 g/mol. The Balaban J connectivity index is 2.03. The fraction of sp³-hybridized carbons (Fsp3) is 0.273. The topological polar surface area (TPSA) is 81.9 Å². The number of carbonyl (C=O) groups excluding carboxylic acids is 1. The van der Waals surface area contributed by atoms with E-state index in [1.165, 1.54) is 13.3 Å². The maximum Gasteiger partial charge on any atom is 0.376 e. The number of aryl methyl sites for hydroxylation is 1. The molecule has 0 unspecified atom stereocenters. The molecule has 0 fully saturated rings. The van der Waals surface area contributed by atoms with Crippen LogP contribution in [0.25, 0.3) is 0 Å². The molecule has 94 valence electrons. The van der Waals surface area contributed by atoms with Crippen molar-refractivity contribution < 1.29 is 9.53 Å². The van der Waals surface area contributed by atoms with E-state index in [9.17, 15) is 4.79 Å². The molecule has 0 spiro atoms. The average Bonchev–Trinajstić information content (AvgIpc) is 2.81. The number of ether oxygens (including phenoxy) is 1. The first-order valence-electron chi connectivity index (χ1n) is 5.33. The Labute approximate surface area is 104 Å². The highest BCUT2D eigenvalue weighted by Gasteiger charge is 2.09. The number of methoxy groups -OCH3 is 1. The van der Waals surface area contributed by atoms with Crippen LogP contribution in [0.15, 0.2) is 24.5 Å². The van der Waals surface area contributed by atoms with Crippen molar-refractivity contribution in [1.29, 1.82) is 0 Å². The Morgan fingerprint density at radius 1 is 1.50 bits per heavy atom. The van der Waals surface area contributed by atoms with E-state index in [1.807, 2.05) is 19.3 Å². The third-order valence-corrected chi connectivity index (χ3v) is 2.24. The van der Waals surface area contributed by atoms with Gasteiger partial charge >= 0.3 is 5.97 Å². The maximum atomic E-state index is 11.3. The molecule has 0 aliphatic carbocycles. The molecule has 2 aromatic heterocycles. The Kier molecular flexibility index (Phi) is 3.52. The predicted molar refractivity (Wildman–Crippen MR) is 63.9 cm³/mol. The first-order valence-corrected chi connectivity index (χ1v) is 5.33. The number of nitrogens with one attached hydrogen (secondary N) is 1. The summed E-state index contributed by atoms with van der Waals surface area (Å²) in [5.41, 5.74) is 0.885. The van der Waals surface area contributed by atoms with Crippen LogP contribution in [0.3, 0.4) is 0 Å². The summed E-state index contributed by atoms with van der Waals surface area (Å²) in [4.78, 5) is 19.1. The standard InChI is InChI=1S/C11H13N5O2/c1-16-6-4-8(15-16)7-13-9-3-5-12-10(14-9)11(17)18-2/h3-6H,7H2,1-2H3,(H,12,13,14). The molecular weight excluding hydrogens is 234 g/mol. The van der Waals surface area contributed by atoms with Crippen molar-refractivity contribution in [2.75, 3.05) is 12.4 Å². The van der Waals surface area contributed by atoms with Crippen LogP contribution in [0.5, 0.6) is 0 Å². The Hall–Kier alpha value is -2.44. The van der Waals surface area contributed by atoms with Crippen molar-refractivity contribution >= 4 is 11.8 Å². The summed E-state index contributed by atoms with van der Waals surface area (Å²) in [6.45, 7) is 0.526. The minimum atomic E-state index is -0.559. The van der Waals surface area contributed by atoms with Gasteiger partial charge in [-0.1, -0.05) is 0 Å². The molecule has 0 aliphatic rings. The van der Waals surface area contributed by atoms with Gasteiger partial charge in [0.1, 0.15) is 5.82 Å². The lowest BCUT2D eigenvalue weighted by molar-refractivity contribution is 0.0587. The van der Waals surface area contributed by atoms with E-state index in [-0.39, 0.29) is 5.82 Å². The van der Waals surface area contributed by atoms with Crippen molar-refractivity contribution in [3.8, 4) is 0 Å². The van der Waals surface area contributed by atoms with Crippen LogP contribution in [0, 0.1) is 0 Å². The molecule has 0 atom stereocenters. The van der Waals surface area contributed by atoms with Crippen molar-refractivity contribution in [3.63, 3.8) is 0 Å². The summed E-state index contributed by atoms with van der Waals surface area (Å²) < 4.78 is 6.27. The summed E-state index contributed by atoms with van der Waals surface area (Å²) in [6, 6.07) is 3.57. The van der Waals surface area contributed by atoms with Crippen LogP contribution in [0.1, 0.15) is 16.3 Å². The van der Waals surface area contributed by atoms with Gasteiger partial charge in [0.15, 0.2) is 0 Å². The fourth-order valence-corrected chi connectivity index (χ4v) is 1.39. The number of hydrogen-bond acceptors (Lipinski definition) is 6. The highest BCUT2D eigenvalue weighted by Crippen LogP contribution is 2.05. The van der Waals surface area contributed by atoms with Gasteiger partial charge in [0, 0.05) is 19.4 Å². The number of rotatable bonds is 4. The highest BCUT2D eigenvalue weighted by molar-refractivity contribution is 5.85. The molecule has 0 aromatic carbocycles. The van der Waals surface area contributed by atoms with E-state index in [1.54, 1.807) is 10.7 Å². The largest absolute Gasteiger partial charge is 0.463 e. The molecule has 0 aliphatic heterocycles. The van der Waals surface area contributed by atoms with Crippen molar-refractivity contribution in [3.05, 3.63) is 36.0 Å². The van der Waals surface area contributed by atoms with Crippen LogP contribution < -0.4 is 5.32 Å². The predicted octanol–water partition coefficient (Wildman–Crippen LogP) is 0.609. The second kappa shape index (κ2) is 5.26. The number of anilines is 1. The molecule has 0 bridgehead atoms. The normalized spacial score (nSPS) is 10.1. The summed E-state index contributed by atoms with van der Waals surface area (Å²) in [5.74, 6) is 0.0241. The third-order valence-electron chi connectivity index (χ3n) is 2.24. The molecule has 18 heavy (non-hydrogen) atoms. The van der Waals surface area contributed by atoms with E-state index in [0.717, 1.165) is 5.69 Å². The lowest BCUT2D eigenvalue weighted by atomic mass is 10.4. The van der Waals surface area contributed by atoms with Crippen LogP contribution in [-0.4, -0.2) is 32.8 Å². The number of carbonyl (C=O) groups is 1. The molecule has 0 saturated carbocycles. The monoisotopic (exact) mass is 247 g/mol. The molecular formula is C11H13N5O2. The van der Waals surface area contributed by atoms with Gasteiger partial charge in [-0.25, -0.2) is 14.8 Å². The Morgan fingerprint density at radius 3 is 3.00 bits per heavy atom. The van der Waals surface area contributed by atoms with Gasteiger partial charge in [-0.15, -0.1) is 0 Å². The maximum absolute atomic E-state index is 11.3. The highest BCUT2D eigenvalue weighted by atomic mass is 16.5. The molecule has 0 saturated heterocycles. The second-order valence-electron chi connectivity index (χ2n) is 3.59. The summed E-state index contributed by atoms with van der Waals surface area (Å²) in [6.07, 6.45) is 3.36. The zero-order valence-electron chi connectivity index (χ0n) is 10.1. The number of esters is 1. The van der Waals surface area contributed by atoms with Gasteiger partial charge < -0.3 is 10.1 Å². The Morgan fingerprint density at radius 2 is 2.33 bits per heavy atom. The first kappa shape index (κ1) is 12.0. The first-order chi connectivity index (χ1) is 8.69. The summed E-state index contributed by atoms with van der Waals surface area (Å²) in [7, 11) is 3.14. The van der Waals surface area contributed by atoms with Gasteiger partial charge in [-0.3, -0.25) is 4.68 Å². The van der Waals surface area contributed by atoms with Gasteiger partial charge in [-0.05, 0) is 12.1 Å². The van der Waals surface area contributed by atoms with Crippen LogP contribution in [0.2, 0.25) is 0 Å². The van der Waals surface area contributed by atoms with Gasteiger partial charge in [-0.2, -0.15) is 5.10 Å². The van der Waals surface area contributed by atoms with Gasteiger partial charge in [0.25, 0.3) is 0 Å². The lowest BCUT2D eigenvalue weighted by Crippen LogP contribution is -2.10. The molecule has 7 heteroatoms. The molecule has 0 radical (unpaired) electrons. The smallest absolute Gasteiger partial charge is 0.376 e.